The number of hydrogen-bond acceptors (Lipinski definition) is 2. The van der Waals surface area contributed by atoms with Crippen molar-refractivity contribution in [2.75, 3.05) is 6.54 Å². The highest BCUT2D eigenvalue weighted by Crippen LogP contribution is 2.33. The Kier molecular flexibility index (Phi) is 4.14. The Morgan fingerprint density at radius 3 is 2.62 bits per heavy atom. The number of nitrogens with one attached hydrogen (secondary N) is 2. The molecule has 3 heterocycles. The summed E-state index contributed by atoms with van der Waals surface area (Å²) in [6, 6.07) is 16.3. The summed E-state index contributed by atoms with van der Waals surface area (Å²) in [5.41, 5.74) is 11.4. The predicted molar refractivity (Wildman–Crippen MR) is 118 cm³/mol. The van der Waals surface area contributed by atoms with E-state index in [0.29, 0.717) is 6.54 Å². The molecule has 0 aliphatic rings. The average molecular weight is 385 g/mol. The summed E-state index contributed by atoms with van der Waals surface area (Å²) >= 11 is 0. The van der Waals surface area contributed by atoms with E-state index in [4.69, 9.17) is 5.73 Å². The quantitative estimate of drug-likeness (QED) is 0.428. The van der Waals surface area contributed by atoms with E-state index in [1.807, 2.05) is 43.5 Å². The number of fused-ring (bicyclic) bond motifs is 2. The molecular formula is C23H23N5O. The number of hydrogen-bond donors (Lipinski definition) is 3. The molecule has 0 fully saturated rings. The van der Waals surface area contributed by atoms with Gasteiger partial charge >= 0.3 is 5.69 Å². The number of aromatic amines is 2. The number of benzene rings is 2. The van der Waals surface area contributed by atoms with Crippen molar-refractivity contribution < 1.29 is 0 Å². The lowest BCUT2D eigenvalue weighted by atomic mass is 10.1. The first kappa shape index (κ1) is 17.6. The third kappa shape index (κ3) is 2.72. The molecule has 3 aromatic heterocycles. The first-order chi connectivity index (χ1) is 14.2. The Morgan fingerprint density at radius 1 is 1.03 bits per heavy atom. The van der Waals surface area contributed by atoms with E-state index in [-0.39, 0.29) is 5.69 Å². The van der Waals surface area contributed by atoms with Gasteiger partial charge in [-0.2, -0.15) is 0 Å². The monoisotopic (exact) mass is 385 g/mol. The van der Waals surface area contributed by atoms with Gasteiger partial charge in [-0.15, -0.1) is 0 Å². The molecule has 146 valence electrons. The number of para-hydroxylation sites is 2. The molecule has 5 aromatic rings. The van der Waals surface area contributed by atoms with Crippen LogP contribution in [0.3, 0.4) is 0 Å². The average Bonchev–Trinajstić information content (AvgIpc) is 3.39. The van der Waals surface area contributed by atoms with E-state index in [1.54, 1.807) is 4.57 Å². The summed E-state index contributed by atoms with van der Waals surface area (Å²) in [5, 5.41) is 2.14. The van der Waals surface area contributed by atoms with Gasteiger partial charge in [0.25, 0.3) is 0 Å². The topological polar surface area (TPSA) is 84.5 Å². The summed E-state index contributed by atoms with van der Waals surface area (Å²) in [4.78, 5) is 19.4. The Hall–Kier alpha value is -3.51. The SMILES string of the molecule is Cc1[nH]c(=O)n(-c2cn(CCCN)c3ccccc23)c1-c1c[nH]c2ccccc12. The van der Waals surface area contributed by atoms with Crippen LogP contribution in [0, 0.1) is 6.92 Å². The molecule has 0 amide bonds. The van der Waals surface area contributed by atoms with Gasteiger partial charge in [-0.1, -0.05) is 36.4 Å². The van der Waals surface area contributed by atoms with Crippen molar-refractivity contribution in [1.82, 2.24) is 19.1 Å². The smallest absolute Gasteiger partial charge is 0.330 e. The Morgan fingerprint density at radius 2 is 1.79 bits per heavy atom. The van der Waals surface area contributed by atoms with Gasteiger partial charge in [0.2, 0.25) is 0 Å². The fourth-order valence-electron chi connectivity index (χ4n) is 4.22. The molecule has 29 heavy (non-hydrogen) atoms. The standard InChI is InChI=1S/C23H23N5O/c1-15-22(18-13-25-19-9-4-2-7-16(18)19)28(23(29)26-15)21-14-27(12-6-11-24)20-10-5-3-8-17(20)21/h2-5,7-10,13-14,25H,6,11-12,24H2,1H3,(H,26,29). The molecule has 6 nitrogen and oxygen atoms in total. The molecule has 2 aromatic carbocycles. The lowest BCUT2D eigenvalue weighted by molar-refractivity contribution is 0.669. The molecule has 6 heteroatoms. The van der Waals surface area contributed by atoms with E-state index in [2.05, 4.69) is 38.9 Å². The third-order valence-electron chi connectivity index (χ3n) is 5.53. The van der Waals surface area contributed by atoms with Crippen LogP contribution in [-0.4, -0.2) is 25.6 Å². The molecule has 0 atom stereocenters. The van der Waals surface area contributed by atoms with Gasteiger partial charge in [-0.3, -0.25) is 4.57 Å². The maximum absolute atomic E-state index is 13.0. The lowest BCUT2D eigenvalue weighted by Gasteiger charge is -2.07. The maximum Gasteiger partial charge on any atom is 0.330 e. The predicted octanol–water partition coefficient (Wildman–Crippen LogP) is 3.93. The Labute approximate surface area is 167 Å². The number of nitrogens with two attached hydrogens (primary N) is 1. The summed E-state index contributed by atoms with van der Waals surface area (Å²) in [6.45, 7) is 3.39. The number of aryl methyl sites for hydroxylation is 2. The molecular weight excluding hydrogens is 362 g/mol. The van der Waals surface area contributed by atoms with Crippen LogP contribution in [0.5, 0.6) is 0 Å². The van der Waals surface area contributed by atoms with Gasteiger partial charge in [0.15, 0.2) is 0 Å². The van der Waals surface area contributed by atoms with Crippen molar-refractivity contribution in [2.24, 2.45) is 5.73 Å². The first-order valence-electron chi connectivity index (χ1n) is 9.85. The molecule has 0 spiro atoms. The van der Waals surface area contributed by atoms with E-state index in [1.165, 1.54) is 0 Å². The highest BCUT2D eigenvalue weighted by molar-refractivity contribution is 5.96. The van der Waals surface area contributed by atoms with Crippen molar-refractivity contribution in [3.63, 3.8) is 0 Å². The minimum atomic E-state index is -0.135. The molecule has 0 aliphatic heterocycles. The Balaban J connectivity index is 1.80. The van der Waals surface area contributed by atoms with Crippen LogP contribution < -0.4 is 11.4 Å². The third-order valence-corrected chi connectivity index (χ3v) is 5.53. The number of rotatable bonds is 5. The molecule has 0 radical (unpaired) electrons. The fourth-order valence-corrected chi connectivity index (χ4v) is 4.22. The highest BCUT2D eigenvalue weighted by atomic mass is 16.1. The van der Waals surface area contributed by atoms with E-state index in [0.717, 1.165) is 57.4 Å². The maximum atomic E-state index is 13.0. The second kappa shape index (κ2) is 6.83. The van der Waals surface area contributed by atoms with Gasteiger partial charge in [0.05, 0.1) is 16.9 Å². The zero-order valence-electron chi connectivity index (χ0n) is 16.3. The minimum absolute atomic E-state index is 0.135. The number of nitrogens with zero attached hydrogens (tertiary/aromatic N) is 2. The van der Waals surface area contributed by atoms with E-state index < -0.39 is 0 Å². The van der Waals surface area contributed by atoms with Crippen molar-refractivity contribution in [3.8, 4) is 16.9 Å². The van der Waals surface area contributed by atoms with Crippen molar-refractivity contribution in [1.29, 1.82) is 0 Å². The van der Waals surface area contributed by atoms with Gasteiger partial charge in [-0.25, -0.2) is 4.79 Å². The van der Waals surface area contributed by atoms with Crippen LogP contribution in [0.25, 0.3) is 38.8 Å². The summed E-state index contributed by atoms with van der Waals surface area (Å²) < 4.78 is 3.98. The van der Waals surface area contributed by atoms with Crippen molar-refractivity contribution in [3.05, 3.63) is 77.1 Å². The van der Waals surface area contributed by atoms with Gasteiger partial charge in [0, 0.05) is 46.5 Å². The van der Waals surface area contributed by atoms with E-state index in [9.17, 15) is 4.79 Å². The molecule has 0 bridgehead atoms. The highest BCUT2D eigenvalue weighted by Gasteiger charge is 2.20. The van der Waals surface area contributed by atoms with Crippen molar-refractivity contribution in [2.45, 2.75) is 19.9 Å². The van der Waals surface area contributed by atoms with Crippen LogP contribution in [0.15, 0.2) is 65.7 Å². The summed E-state index contributed by atoms with van der Waals surface area (Å²) in [7, 11) is 0. The second-order valence-corrected chi connectivity index (χ2v) is 7.35. The molecule has 0 aliphatic carbocycles. The summed E-state index contributed by atoms with van der Waals surface area (Å²) in [5.74, 6) is 0. The molecule has 0 saturated heterocycles. The minimum Gasteiger partial charge on any atom is -0.360 e. The molecule has 0 saturated carbocycles. The largest absolute Gasteiger partial charge is 0.360 e. The number of aromatic nitrogens is 4. The fraction of sp³-hybridized carbons (Fsp3) is 0.174. The van der Waals surface area contributed by atoms with Gasteiger partial charge in [0.1, 0.15) is 0 Å². The van der Waals surface area contributed by atoms with Gasteiger partial charge in [-0.05, 0) is 32.0 Å². The first-order valence-corrected chi connectivity index (χ1v) is 9.85. The van der Waals surface area contributed by atoms with Crippen LogP contribution in [0.1, 0.15) is 12.1 Å². The molecule has 0 unspecified atom stereocenters. The van der Waals surface area contributed by atoms with Gasteiger partial charge < -0.3 is 20.3 Å². The van der Waals surface area contributed by atoms with E-state index >= 15 is 0 Å². The normalized spacial score (nSPS) is 11.7. The zero-order valence-corrected chi connectivity index (χ0v) is 16.3. The molecule has 4 N–H and O–H groups in total. The second-order valence-electron chi connectivity index (χ2n) is 7.35. The van der Waals surface area contributed by atoms with Crippen molar-refractivity contribution >= 4 is 21.8 Å². The number of imidazole rings is 1. The zero-order chi connectivity index (χ0) is 20.0. The van der Waals surface area contributed by atoms with Crippen LogP contribution in [0.2, 0.25) is 0 Å². The number of H-pyrrole nitrogens is 2. The van der Waals surface area contributed by atoms with Crippen LogP contribution in [-0.2, 0) is 6.54 Å². The summed E-state index contributed by atoms with van der Waals surface area (Å²) in [6.07, 6.45) is 4.92. The molecule has 5 rings (SSSR count). The Bertz CT molecular complexity index is 1380. The lowest BCUT2D eigenvalue weighted by Crippen LogP contribution is -2.15. The van der Waals surface area contributed by atoms with Crippen LogP contribution >= 0.6 is 0 Å². The van der Waals surface area contributed by atoms with Crippen LogP contribution in [0.4, 0.5) is 0 Å².